The first-order valence-corrected chi connectivity index (χ1v) is 4.14. The number of hydrogen-bond acceptors (Lipinski definition) is 2. The van der Waals surface area contributed by atoms with Crippen molar-refractivity contribution >= 4 is 5.69 Å². The summed E-state index contributed by atoms with van der Waals surface area (Å²) in [4.78, 5) is 6.43. The molecule has 0 N–H and O–H groups in total. The molecular weight excluding hydrogens is 148 g/mol. The van der Waals surface area contributed by atoms with Gasteiger partial charge in [0.1, 0.15) is 0 Å². The highest BCUT2D eigenvalue weighted by Gasteiger charge is 2.06. The monoisotopic (exact) mass is 164 g/mol. The van der Waals surface area contributed by atoms with E-state index in [1.165, 1.54) is 16.8 Å². The van der Waals surface area contributed by atoms with E-state index in [1.807, 2.05) is 13.1 Å². The Labute approximate surface area is 74.2 Å². The van der Waals surface area contributed by atoms with Crippen molar-refractivity contribution in [3.8, 4) is 0 Å². The van der Waals surface area contributed by atoms with Crippen molar-refractivity contribution in [3.05, 3.63) is 23.0 Å². The number of rotatable bonds is 1. The van der Waals surface area contributed by atoms with Crippen molar-refractivity contribution in [2.24, 2.45) is 0 Å². The quantitative estimate of drug-likeness (QED) is 0.631. The molecule has 1 aromatic rings. The van der Waals surface area contributed by atoms with Crippen LogP contribution in [-0.2, 0) is 0 Å². The second-order valence-electron chi connectivity index (χ2n) is 3.39. The van der Waals surface area contributed by atoms with Crippen LogP contribution in [-0.4, -0.2) is 19.1 Å². The molecular formula is C10H16N2. The van der Waals surface area contributed by atoms with Gasteiger partial charge in [0, 0.05) is 31.7 Å². The van der Waals surface area contributed by atoms with Crippen molar-refractivity contribution in [2.75, 3.05) is 19.0 Å². The summed E-state index contributed by atoms with van der Waals surface area (Å²) in [6, 6.07) is 0. The lowest BCUT2D eigenvalue weighted by Crippen LogP contribution is -2.13. The van der Waals surface area contributed by atoms with Gasteiger partial charge in [0.05, 0.1) is 0 Å². The average molecular weight is 164 g/mol. The number of nitrogens with zero attached hydrogens (tertiary/aromatic N) is 2. The summed E-state index contributed by atoms with van der Waals surface area (Å²) in [7, 11) is 4.13. The van der Waals surface area contributed by atoms with E-state index in [0.29, 0.717) is 0 Å². The van der Waals surface area contributed by atoms with Gasteiger partial charge in [-0.15, -0.1) is 0 Å². The van der Waals surface area contributed by atoms with Crippen molar-refractivity contribution in [2.45, 2.75) is 20.8 Å². The molecule has 0 aliphatic rings. The Morgan fingerprint density at radius 1 is 1.17 bits per heavy atom. The fourth-order valence-electron chi connectivity index (χ4n) is 1.51. The largest absolute Gasteiger partial charge is 0.377 e. The van der Waals surface area contributed by atoms with E-state index in [1.54, 1.807) is 0 Å². The Morgan fingerprint density at radius 2 is 1.75 bits per heavy atom. The molecule has 1 heterocycles. The van der Waals surface area contributed by atoms with Crippen LogP contribution in [0.1, 0.15) is 16.8 Å². The van der Waals surface area contributed by atoms with E-state index in [0.717, 1.165) is 5.69 Å². The molecule has 0 saturated carbocycles. The predicted molar refractivity (Wildman–Crippen MR) is 52.8 cm³/mol. The number of aromatic nitrogens is 1. The van der Waals surface area contributed by atoms with Crippen LogP contribution in [0.4, 0.5) is 5.69 Å². The first kappa shape index (κ1) is 9.04. The first-order valence-electron chi connectivity index (χ1n) is 4.14. The molecule has 2 heteroatoms. The zero-order valence-electron chi connectivity index (χ0n) is 8.47. The van der Waals surface area contributed by atoms with Crippen molar-refractivity contribution in [1.82, 2.24) is 4.98 Å². The molecule has 1 aromatic heterocycles. The van der Waals surface area contributed by atoms with Crippen LogP contribution < -0.4 is 4.90 Å². The maximum absolute atomic E-state index is 4.29. The minimum absolute atomic E-state index is 1.12. The topological polar surface area (TPSA) is 16.1 Å². The molecule has 0 aliphatic carbocycles. The Morgan fingerprint density at radius 3 is 2.17 bits per heavy atom. The summed E-state index contributed by atoms with van der Waals surface area (Å²) < 4.78 is 0. The molecule has 66 valence electrons. The molecule has 0 spiro atoms. The molecule has 2 nitrogen and oxygen atoms in total. The Hall–Kier alpha value is -1.05. The first-order chi connectivity index (χ1) is 5.54. The molecule has 0 saturated heterocycles. The smallest absolute Gasteiger partial charge is 0.0454 e. The number of aryl methyl sites for hydroxylation is 2. The second kappa shape index (κ2) is 3.13. The number of pyridine rings is 1. The number of hydrogen-bond donors (Lipinski definition) is 0. The van der Waals surface area contributed by atoms with Crippen LogP contribution in [0.15, 0.2) is 6.20 Å². The van der Waals surface area contributed by atoms with Crippen LogP contribution in [0, 0.1) is 20.8 Å². The zero-order valence-corrected chi connectivity index (χ0v) is 8.47. The van der Waals surface area contributed by atoms with Gasteiger partial charge in [-0.2, -0.15) is 0 Å². The standard InChI is InChI=1S/C10H16N2/c1-7-6-11-9(3)8(2)10(7)12(4)5/h6H,1-5H3. The van der Waals surface area contributed by atoms with Gasteiger partial charge in [-0.05, 0) is 31.9 Å². The minimum atomic E-state index is 1.12. The summed E-state index contributed by atoms with van der Waals surface area (Å²) in [5, 5.41) is 0. The van der Waals surface area contributed by atoms with E-state index in [4.69, 9.17) is 0 Å². The van der Waals surface area contributed by atoms with Gasteiger partial charge in [-0.25, -0.2) is 0 Å². The summed E-state index contributed by atoms with van der Waals surface area (Å²) in [5.74, 6) is 0. The van der Waals surface area contributed by atoms with Crippen LogP contribution in [0.3, 0.4) is 0 Å². The van der Waals surface area contributed by atoms with Crippen molar-refractivity contribution in [1.29, 1.82) is 0 Å². The average Bonchev–Trinajstić information content (AvgIpc) is 1.97. The lowest BCUT2D eigenvalue weighted by molar-refractivity contribution is 1.04. The van der Waals surface area contributed by atoms with Gasteiger partial charge in [-0.3, -0.25) is 4.98 Å². The third kappa shape index (κ3) is 1.42. The molecule has 0 unspecified atom stereocenters. The molecule has 0 radical (unpaired) electrons. The fourth-order valence-corrected chi connectivity index (χ4v) is 1.51. The van der Waals surface area contributed by atoms with Gasteiger partial charge < -0.3 is 4.90 Å². The van der Waals surface area contributed by atoms with Gasteiger partial charge in [-0.1, -0.05) is 0 Å². The molecule has 0 bridgehead atoms. The van der Waals surface area contributed by atoms with Crippen molar-refractivity contribution < 1.29 is 0 Å². The van der Waals surface area contributed by atoms with E-state index >= 15 is 0 Å². The molecule has 12 heavy (non-hydrogen) atoms. The minimum Gasteiger partial charge on any atom is -0.377 e. The third-order valence-corrected chi connectivity index (χ3v) is 2.17. The van der Waals surface area contributed by atoms with E-state index in [2.05, 4.69) is 37.8 Å². The normalized spacial score (nSPS) is 10.1. The maximum atomic E-state index is 4.29. The van der Waals surface area contributed by atoms with Crippen molar-refractivity contribution in [3.63, 3.8) is 0 Å². The SMILES string of the molecule is Cc1cnc(C)c(C)c1N(C)C. The number of anilines is 1. The fraction of sp³-hybridized carbons (Fsp3) is 0.500. The van der Waals surface area contributed by atoms with Gasteiger partial charge in [0.25, 0.3) is 0 Å². The Bertz CT molecular complexity index is 290. The van der Waals surface area contributed by atoms with Gasteiger partial charge in [0.15, 0.2) is 0 Å². The van der Waals surface area contributed by atoms with Crippen LogP contribution in [0.25, 0.3) is 0 Å². The van der Waals surface area contributed by atoms with Gasteiger partial charge in [0.2, 0.25) is 0 Å². The highest BCUT2D eigenvalue weighted by atomic mass is 15.1. The van der Waals surface area contributed by atoms with E-state index in [9.17, 15) is 0 Å². The molecule has 0 fully saturated rings. The highest BCUT2D eigenvalue weighted by Crippen LogP contribution is 2.23. The summed E-state index contributed by atoms with van der Waals surface area (Å²) >= 11 is 0. The highest BCUT2D eigenvalue weighted by molar-refractivity contribution is 5.58. The molecule has 0 aromatic carbocycles. The lowest BCUT2D eigenvalue weighted by atomic mass is 10.1. The zero-order chi connectivity index (χ0) is 9.30. The second-order valence-corrected chi connectivity index (χ2v) is 3.39. The van der Waals surface area contributed by atoms with Crippen LogP contribution in [0.2, 0.25) is 0 Å². The summed E-state index contributed by atoms with van der Waals surface area (Å²) in [5.41, 5.74) is 4.93. The summed E-state index contributed by atoms with van der Waals surface area (Å²) in [6.07, 6.45) is 1.93. The molecule has 0 atom stereocenters. The Balaban J connectivity index is 3.33. The molecule has 1 rings (SSSR count). The molecule has 0 aliphatic heterocycles. The lowest BCUT2D eigenvalue weighted by Gasteiger charge is -2.19. The Kier molecular flexibility index (Phi) is 2.36. The maximum Gasteiger partial charge on any atom is 0.0454 e. The van der Waals surface area contributed by atoms with E-state index < -0.39 is 0 Å². The van der Waals surface area contributed by atoms with E-state index in [-0.39, 0.29) is 0 Å². The predicted octanol–water partition coefficient (Wildman–Crippen LogP) is 2.07. The van der Waals surface area contributed by atoms with Gasteiger partial charge >= 0.3 is 0 Å². The molecule has 0 amide bonds. The third-order valence-electron chi connectivity index (χ3n) is 2.17. The summed E-state index contributed by atoms with van der Waals surface area (Å²) in [6.45, 7) is 6.25. The van der Waals surface area contributed by atoms with Crippen LogP contribution in [0.5, 0.6) is 0 Å². The van der Waals surface area contributed by atoms with Crippen LogP contribution >= 0.6 is 0 Å².